The number of rotatable bonds is 3. The number of fused-ring (bicyclic) bond motifs is 1. The quantitative estimate of drug-likeness (QED) is 0.791. The number of hydrogen-bond donors (Lipinski definition) is 1. The SMILES string of the molecule is Nc1ncc2c(F)cc(-c3cn(CC(F)F)cn3)n2n1. The number of alkyl halides is 2. The average Bonchev–Trinajstić information content (AvgIpc) is 2.94. The van der Waals surface area contributed by atoms with Crippen LogP contribution in [0.25, 0.3) is 16.9 Å². The predicted molar refractivity (Wildman–Crippen MR) is 64.6 cm³/mol. The fourth-order valence-electron chi connectivity index (χ4n) is 1.90. The van der Waals surface area contributed by atoms with Crippen LogP contribution in [-0.4, -0.2) is 30.6 Å². The molecule has 3 heterocycles. The Balaban J connectivity index is 2.09. The van der Waals surface area contributed by atoms with Crippen molar-refractivity contribution < 1.29 is 13.2 Å². The van der Waals surface area contributed by atoms with Gasteiger partial charge in [-0.05, 0) is 0 Å². The van der Waals surface area contributed by atoms with E-state index in [1.165, 1.54) is 33.9 Å². The molecule has 0 fully saturated rings. The molecule has 2 N–H and O–H groups in total. The summed E-state index contributed by atoms with van der Waals surface area (Å²) in [4.78, 5) is 7.67. The fraction of sp³-hybridized carbons (Fsp3) is 0.182. The van der Waals surface area contributed by atoms with E-state index >= 15 is 0 Å². The van der Waals surface area contributed by atoms with Gasteiger partial charge in [-0.3, -0.25) is 0 Å². The lowest BCUT2D eigenvalue weighted by Gasteiger charge is -2.00. The molecule has 0 aromatic carbocycles. The van der Waals surface area contributed by atoms with Crippen LogP contribution >= 0.6 is 0 Å². The topological polar surface area (TPSA) is 74.0 Å². The summed E-state index contributed by atoms with van der Waals surface area (Å²) >= 11 is 0. The molecule has 3 aromatic rings. The standard InChI is InChI=1S/C11H9F3N6/c12-6-1-8(20-9(6)2-16-11(15)18-20)7-3-19(5-17-7)4-10(13)14/h1-3,5,10H,4H2,(H2,15,18). The van der Waals surface area contributed by atoms with Crippen LogP contribution in [0.2, 0.25) is 0 Å². The van der Waals surface area contributed by atoms with Crippen molar-refractivity contribution in [3.05, 3.63) is 30.6 Å². The maximum atomic E-state index is 13.7. The van der Waals surface area contributed by atoms with Crippen LogP contribution in [0.1, 0.15) is 0 Å². The van der Waals surface area contributed by atoms with E-state index in [9.17, 15) is 13.2 Å². The Kier molecular flexibility index (Phi) is 2.81. The molecule has 0 aliphatic rings. The van der Waals surface area contributed by atoms with Gasteiger partial charge in [0.15, 0.2) is 5.82 Å². The Morgan fingerprint density at radius 1 is 1.30 bits per heavy atom. The molecule has 0 spiro atoms. The third-order valence-electron chi connectivity index (χ3n) is 2.73. The van der Waals surface area contributed by atoms with Crippen molar-refractivity contribution in [2.24, 2.45) is 0 Å². The minimum absolute atomic E-state index is 0.0265. The van der Waals surface area contributed by atoms with Gasteiger partial charge in [-0.2, -0.15) is 0 Å². The van der Waals surface area contributed by atoms with E-state index in [-0.39, 0.29) is 11.5 Å². The smallest absolute Gasteiger partial charge is 0.256 e. The summed E-state index contributed by atoms with van der Waals surface area (Å²) < 4.78 is 40.8. The minimum atomic E-state index is -2.49. The maximum Gasteiger partial charge on any atom is 0.256 e. The molecule has 104 valence electrons. The second kappa shape index (κ2) is 4.51. The van der Waals surface area contributed by atoms with Crippen LogP contribution in [0.3, 0.4) is 0 Å². The van der Waals surface area contributed by atoms with E-state index in [4.69, 9.17) is 5.73 Å². The molecule has 3 aromatic heterocycles. The van der Waals surface area contributed by atoms with Gasteiger partial charge in [-0.1, -0.05) is 0 Å². The lowest BCUT2D eigenvalue weighted by atomic mass is 10.3. The van der Waals surface area contributed by atoms with Gasteiger partial charge >= 0.3 is 0 Å². The normalized spacial score (nSPS) is 11.6. The zero-order valence-corrected chi connectivity index (χ0v) is 10.0. The molecule has 9 heteroatoms. The van der Waals surface area contributed by atoms with Crippen molar-refractivity contribution in [1.82, 2.24) is 24.1 Å². The highest BCUT2D eigenvalue weighted by Crippen LogP contribution is 2.23. The molecular weight excluding hydrogens is 273 g/mol. The van der Waals surface area contributed by atoms with Crippen molar-refractivity contribution in [3.63, 3.8) is 0 Å². The second-order valence-corrected chi connectivity index (χ2v) is 4.14. The van der Waals surface area contributed by atoms with Crippen molar-refractivity contribution >= 4 is 11.5 Å². The van der Waals surface area contributed by atoms with Crippen molar-refractivity contribution in [1.29, 1.82) is 0 Å². The number of halogens is 3. The molecule has 6 nitrogen and oxygen atoms in total. The molecule has 0 bridgehead atoms. The van der Waals surface area contributed by atoms with Crippen molar-refractivity contribution in [3.8, 4) is 11.4 Å². The highest BCUT2D eigenvalue weighted by atomic mass is 19.3. The monoisotopic (exact) mass is 282 g/mol. The van der Waals surface area contributed by atoms with E-state index in [1.807, 2.05) is 0 Å². The lowest BCUT2D eigenvalue weighted by molar-refractivity contribution is 0.126. The first-order chi connectivity index (χ1) is 9.54. The molecule has 20 heavy (non-hydrogen) atoms. The zero-order chi connectivity index (χ0) is 14.3. The Hall–Kier alpha value is -2.58. The average molecular weight is 282 g/mol. The van der Waals surface area contributed by atoms with Gasteiger partial charge in [0.1, 0.15) is 11.2 Å². The molecule has 0 aliphatic heterocycles. The number of nitrogens with zero attached hydrogens (tertiary/aromatic N) is 5. The number of hydrogen-bond acceptors (Lipinski definition) is 4. The van der Waals surface area contributed by atoms with Crippen LogP contribution in [0, 0.1) is 5.82 Å². The van der Waals surface area contributed by atoms with Gasteiger partial charge in [0.2, 0.25) is 5.95 Å². The summed E-state index contributed by atoms with van der Waals surface area (Å²) in [6.07, 6.45) is 1.41. The van der Waals surface area contributed by atoms with Crippen molar-refractivity contribution in [2.75, 3.05) is 5.73 Å². The molecule has 0 saturated carbocycles. The van der Waals surface area contributed by atoms with Gasteiger partial charge < -0.3 is 10.3 Å². The van der Waals surface area contributed by atoms with Crippen molar-refractivity contribution in [2.45, 2.75) is 13.0 Å². The third-order valence-corrected chi connectivity index (χ3v) is 2.73. The number of aromatic nitrogens is 5. The van der Waals surface area contributed by atoms with Crippen LogP contribution in [-0.2, 0) is 6.54 Å². The van der Waals surface area contributed by atoms with Crippen LogP contribution in [0.4, 0.5) is 19.1 Å². The summed E-state index contributed by atoms with van der Waals surface area (Å²) in [5, 5.41) is 3.89. The first-order valence-electron chi connectivity index (χ1n) is 5.64. The van der Waals surface area contributed by atoms with Crippen LogP contribution in [0.15, 0.2) is 24.8 Å². The molecular formula is C11H9F3N6. The van der Waals surface area contributed by atoms with Gasteiger partial charge in [0.25, 0.3) is 6.43 Å². The molecule has 3 rings (SSSR count). The Bertz CT molecular complexity index is 763. The fourth-order valence-corrected chi connectivity index (χ4v) is 1.90. The zero-order valence-electron chi connectivity index (χ0n) is 10.0. The van der Waals surface area contributed by atoms with E-state index in [2.05, 4.69) is 15.1 Å². The van der Waals surface area contributed by atoms with E-state index in [1.54, 1.807) is 0 Å². The molecule has 0 aliphatic carbocycles. The Labute approximate surface area is 110 Å². The van der Waals surface area contributed by atoms with E-state index in [0.717, 1.165) is 0 Å². The summed E-state index contributed by atoms with van der Waals surface area (Å²) in [7, 11) is 0. The Morgan fingerprint density at radius 2 is 2.10 bits per heavy atom. The van der Waals surface area contributed by atoms with Crippen LogP contribution in [0.5, 0.6) is 0 Å². The summed E-state index contributed by atoms with van der Waals surface area (Å²) in [6.45, 7) is -0.476. The van der Waals surface area contributed by atoms with Crippen LogP contribution < -0.4 is 5.73 Å². The number of imidazole rings is 1. The highest BCUT2D eigenvalue weighted by molar-refractivity contribution is 5.63. The first kappa shape index (κ1) is 12.5. The minimum Gasteiger partial charge on any atom is -0.367 e. The first-order valence-corrected chi connectivity index (χ1v) is 5.64. The molecule has 0 amide bonds. The van der Waals surface area contributed by atoms with Gasteiger partial charge in [0, 0.05) is 12.3 Å². The third kappa shape index (κ3) is 2.06. The second-order valence-electron chi connectivity index (χ2n) is 4.14. The highest BCUT2D eigenvalue weighted by Gasteiger charge is 2.15. The molecule has 0 saturated heterocycles. The van der Waals surface area contributed by atoms with E-state index < -0.39 is 18.8 Å². The predicted octanol–water partition coefficient (Wildman–Crippen LogP) is 1.58. The van der Waals surface area contributed by atoms with Gasteiger partial charge in [-0.15, -0.1) is 5.10 Å². The number of nitrogens with two attached hydrogens (primary N) is 1. The summed E-state index contributed by atoms with van der Waals surface area (Å²) in [6, 6.07) is 1.21. The molecule has 0 atom stereocenters. The number of nitrogen functional groups attached to an aromatic ring is 1. The van der Waals surface area contributed by atoms with E-state index in [0.29, 0.717) is 11.4 Å². The maximum absolute atomic E-state index is 13.7. The largest absolute Gasteiger partial charge is 0.367 e. The Morgan fingerprint density at radius 3 is 2.85 bits per heavy atom. The lowest BCUT2D eigenvalue weighted by Crippen LogP contribution is -2.03. The summed E-state index contributed by atoms with van der Waals surface area (Å²) in [5.74, 6) is -0.565. The molecule has 0 radical (unpaired) electrons. The van der Waals surface area contributed by atoms with Gasteiger partial charge in [0.05, 0.1) is 24.8 Å². The number of anilines is 1. The van der Waals surface area contributed by atoms with Gasteiger partial charge in [-0.25, -0.2) is 27.7 Å². The summed E-state index contributed by atoms with van der Waals surface area (Å²) in [5.41, 5.74) is 6.24. The molecule has 0 unspecified atom stereocenters.